The number of aromatic nitrogens is 2. The first-order valence-electron chi connectivity index (χ1n) is 8.77. The molecule has 1 saturated heterocycles. The molecule has 140 valence electrons. The van der Waals surface area contributed by atoms with E-state index in [2.05, 4.69) is 34.3 Å². The van der Waals surface area contributed by atoms with Gasteiger partial charge in [0, 0.05) is 18.3 Å². The Hall–Kier alpha value is -1.51. The van der Waals surface area contributed by atoms with E-state index in [1.807, 2.05) is 0 Å². The van der Waals surface area contributed by atoms with Crippen molar-refractivity contribution in [2.75, 3.05) is 18.4 Å². The fraction of sp³-hybridized carbons (Fsp3) is 0.500. The SMILES string of the molecule is CC(C)Sc1nnc(NC(=O)[C@@H]2CCCN(Cc3ccc(F)cc3)C2)s1. The summed E-state index contributed by atoms with van der Waals surface area (Å²) in [6.07, 6.45) is 1.85. The minimum Gasteiger partial charge on any atom is -0.300 e. The number of hydrogen-bond acceptors (Lipinski definition) is 6. The van der Waals surface area contributed by atoms with E-state index in [0.29, 0.717) is 16.9 Å². The molecule has 1 aromatic carbocycles. The van der Waals surface area contributed by atoms with Gasteiger partial charge in [-0.05, 0) is 37.1 Å². The lowest BCUT2D eigenvalue weighted by Crippen LogP contribution is -2.40. The molecule has 0 spiro atoms. The van der Waals surface area contributed by atoms with E-state index in [9.17, 15) is 9.18 Å². The number of likely N-dealkylation sites (tertiary alicyclic amines) is 1. The van der Waals surface area contributed by atoms with Crippen LogP contribution in [0.25, 0.3) is 0 Å². The number of benzene rings is 1. The van der Waals surface area contributed by atoms with E-state index >= 15 is 0 Å². The van der Waals surface area contributed by atoms with Gasteiger partial charge >= 0.3 is 0 Å². The average molecular weight is 395 g/mol. The van der Waals surface area contributed by atoms with E-state index in [1.54, 1.807) is 23.9 Å². The third-order valence-electron chi connectivity index (χ3n) is 4.17. The Morgan fingerprint density at radius 2 is 2.15 bits per heavy atom. The van der Waals surface area contributed by atoms with Gasteiger partial charge in [-0.2, -0.15) is 0 Å². The van der Waals surface area contributed by atoms with Crippen LogP contribution in [-0.2, 0) is 11.3 Å². The third kappa shape index (κ3) is 5.49. The Balaban J connectivity index is 1.54. The van der Waals surface area contributed by atoms with Gasteiger partial charge in [-0.25, -0.2) is 4.39 Å². The second-order valence-electron chi connectivity index (χ2n) is 6.73. The molecule has 2 heterocycles. The van der Waals surface area contributed by atoms with Gasteiger partial charge in [0.25, 0.3) is 0 Å². The molecule has 1 atom stereocenters. The predicted octanol–water partition coefficient (Wildman–Crippen LogP) is 4.03. The van der Waals surface area contributed by atoms with Crippen LogP contribution < -0.4 is 5.32 Å². The molecule has 0 radical (unpaired) electrons. The molecule has 0 saturated carbocycles. The van der Waals surface area contributed by atoms with Crippen molar-refractivity contribution in [3.63, 3.8) is 0 Å². The van der Waals surface area contributed by atoms with E-state index in [4.69, 9.17) is 0 Å². The third-order valence-corrected chi connectivity index (χ3v) is 6.10. The number of carbonyl (C=O) groups excluding carboxylic acids is 1. The molecular weight excluding hydrogens is 371 g/mol. The van der Waals surface area contributed by atoms with Crippen LogP contribution in [0.15, 0.2) is 28.6 Å². The van der Waals surface area contributed by atoms with Gasteiger partial charge in [0.2, 0.25) is 11.0 Å². The van der Waals surface area contributed by atoms with Gasteiger partial charge in [0.15, 0.2) is 4.34 Å². The minimum atomic E-state index is -0.225. The number of rotatable bonds is 6. The van der Waals surface area contributed by atoms with Gasteiger partial charge < -0.3 is 5.32 Å². The molecule has 1 amide bonds. The van der Waals surface area contributed by atoms with Gasteiger partial charge in [-0.1, -0.05) is 49.1 Å². The molecular formula is C18H23FN4OS2. The number of amides is 1. The zero-order valence-electron chi connectivity index (χ0n) is 14.9. The molecule has 5 nitrogen and oxygen atoms in total. The van der Waals surface area contributed by atoms with Gasteiger partial charge in [0.1, 0.15) is 5.82 Å². The van der Waals surface area contributed by atoms with Crippen LogP contribution in [0.3, 0.4) is 0 Å². The van der Waals surface area contributed by atoms with E-state index in [1.165, 1.54) is 23.5 Å². The molecule has 0 bridgehead atoms. The molecule has 0 unspecified atom stereocenters. The fourth-order valence-electron chi connectivity index (χ4n) is 2.98. The van der Waals surface area contributed by atoms with Crippen LogP contribution in [-0.4, -0.2) is 39.3 Å². The largest absolute Gasteiger partial charge is 0.300 e. The summed E-state index contributed by atoms with van der Waals surface area (Å²) in [7, 11) is 0. The highest BCUT2D eigenvalue weighted by Crippen LogP contribution is 2.29. The van der Waals surface area contributed by atoms with Gasteiger partial charge in [-0.15, -0.1) is 10.2 Å². The average Bonchev–Trinajstić information content (AvgIpc) is 3.03. The number of anilines is 1. The molecule has 1 aliphatic rings. The predicted molar refractivity (Wildman–Crippen MR) is 104 cm³/mol. The van der Waals surface area contributed by atoms with Crippen LogP contribution >= 0.6 is 23.1 Å². The summed E-state index contributed by atoms with van der Waals surface area (Å²) in [5, 5.41) is 12.1. The molecule has 3 rings (SSSR count). The van der Waals surface area contributed by atoms with Crippen molar-refractivity contribution in [2.45, 2.75) is 42.8 Å². The summed E-state index contributed by atoms with van der Waals surface area (Å²) >= 11 is 3.06. The lowest BCUT2D eigenvalue weighted by atomic mass is 9.97. The number of halogens is 1. The van der Waals surface area contributed by atoms with Crippen molar-refractivity contribution in [3.05, 3.63) is 35.6 Å². The highest BCUT2D eigenvalue weighted by Gasteiger charge is 2.26. The van der Waals surface area contributed by atoms with Crippen molar-refractivity contribution >= 4 is 34.1 Å². The molecule has 26 heavy (non-hydrogen) atoms. The van der Waals surface area contributed by atoms with Crippen LogP contribution in [0.4, 0.5) is 9.52 Å². The molecule has 1 aromatic heterocycles. The van der Waals surface area contributed by atoms with E-state index in [-0.39, 0.29) is 17.6 Å². The van der Waals surface area contributed by atoms with E-state index < -0.39 is 0 Å². The number of nitrogens with zero attached hydrogens (tertiary/aromatic N) is 3. The Morgan fingerprint density at radius 1 is 1.38 bits per heavy atom. The molecule has 1 fully saturated rings. The summed E-state index contributed by atoms with van der Waals surface area (Å²) in [5.74, 6) is -0.281. The zero-order valence-corrected chi connectivity index (χ0v) is 16.6. The normalized spacial score (nSPS) is 18.2. The lowest BCUT2D eigenvalue weighted by Gasteiger charge is -2.31. The number of hydrogen-bond donors (Lipinski definition) is 1. The Morgan fingerprint density at radius 3 is 2.88 bits per heavy atom. The molecule has 1 N–H and O–H groups in total. The quantitative estimate of drug-likeness (QED) is 0.592. The summed E-state index contributed by atoms with van der Waals surface area (Å²) in [4.78, 5) is 14.8. The van der Waals surface area contributed by atoms with Crippen molar-refractivity contribution in [1.29, 1.82) is 0 Å². The van der Waals surface area contributed by atoms with Crippen LogP contribution in [0.2, 0.25) is 0 Å². The minimum absolute atomic E-state index is 0.00560. The zero-order chi connectivity index (χ0) is 18.5. The topological polar surface area (TPSA) is 58.1 Å². The molecule has 0 aliphatic carbocycles. The molecule has 1 aliphatic heterocycles. The molecule has 8 heteroatoms. The summed E-state index contributed by atoms with van der Waals surface area (Å²) in [5.41, 5.74) is 1.06. The fourth-order valence-corrected chi connectivity index (χ4v) is 4.96. The van der Waals surface area contributed by atoms with Gasteiger partial charge in [0.05, 0.1) is 5.92 Å². The van der Waals surface area contributed by atoms with Crippen LogP contribution in [0, 0.1) is 11.7 Å². The summed E-state index contributed by atoms with van der Waals surface area (Å²) in [6, 6.07) is 6.56. The number of piperidine rings is 1. The second-order valence-corrected chi connectivity index (χ2v) is 9.53. The smallest absolute Gasteiger partial charge is 0.230 e. The lowest BCUT2D eigenvalue weighted by molar-refractivity contribution is -0.121. The Labute approximate surface area is 161 Å². The summed E-state index contributed by atoms with van der Waals surface area (Å²) in [6.45, 7) is 6.59. The monoisotopic (exact) mass is 394 g/mol. The number of carbonyl (C=O) groups is 1. The first-order chi connectivity index (χ1) is 12.5. The first-order valence-corrected chi connectivity index (χ1v) is 10.5. The van der Waals surface area contributed by atoms with E-state index in [0.717, 1.165) is 35.8 Å². The number of nitrogens with one attached hydrogen (secondary N) is 1. The van der Waals surface area contributed by atoms with Crippen LogP contribution in [0.1, 0.15) is 32.3 Å². The first kappa shape index (κ1) is 19.3. The highest BCUT2D eigenvalue weighted by atomic mass is 32.2. The molecule has 2 aromatic rings. The maximum Gasteiger partial charge on any atom is 0.230 e. The van der Waals surface area contributed by atoms with Crippen molar-refractivity contribution in [3.8, 4) is 0 Å². The maximum atomic E-state index is 13.0. The van der Waals surface area contributed by atoms with Crippen molar-refractivity contribution < 1.29 is 9.18 Å². The van der Waals surface area contributed by atoms with Crippen molar-refractivity contribution in [1.82, 2.24) is 15.1 Å². The Bertz CT molecular complexity index is 735. The van der Waals surface area contributed by atoms with Crippen molar-refractivity contribution in [2.24, 2.45) is 5.92 Å². The van der Waals surface area contributed by atoms with Gasteiger partial charge in [-0.3, -0.25) is 9.69 Å². The second kappa shape index (κ2) is 8.92. The number of thioether (sulfide) groups is 1. The maximum absolute atomic E-state index is 13.0. The summed E-state index contributed by atoms with van der Waals surface area (Å²) < 4.78 is 13.9. The van der Waals surface area contributed by atoms with Crippen LogP contribution in [0.5, 0.6) is 0 Å². The Kier molecular flexibility index (Phi) is 6.61. The highest BCUT2D eigenvalue weighted by molar-refractivity contribution is 8.01. The standard InChI is InChI=1S/C18H23FN4OS2/c1-12(2)25-18-22-21-17(26-18)20-16(24)14-4-3-9-23(11-14)10-13-5-7-15(19)8-6-13/h5-8,12,14H,3-4,9-11H2,1-2H3,(H,20,21,24)/t14-/m1/s1.